The van der Waals surface area contributed by atoms with Crippen molar-refractivity contribution < 1.29 is 4.42 Å². The number of rotatable bonds is 4. The standard InChI is InChI=1S/C12H20N2OS/c1-9(7-13)11-8-15-12(14-11)6-10-4-2-3-5-16-10/h8-10H,2-7,13H2,1H3. The molecule has 0 spiro atoms. The number of nitrogens with zero attached hydrogens (tertiary/aromatic N) is 1. The molecule has 1 aromatic rings. The second-order valence-electron chi connectivity index (χ2n) is 4.50. The molecule has 1 fully saturated rings. The summed E-state index contributed by atoms with van der Waals surface area (Å²) < 4.78 is 5.51. The quantitative estimate of drug-likeness (QED) is 0.878. The third-order valence-electron chi connectivity index (χ3n) is 3.10. The van der Waals surface area contributed by atoms with Gasteiger partial charge in [0.25, 0.3) is 0 Å². The van der Waals surface area contributed by atoms with Crippen LogP contribution < -0.4 is 5.73 Å². The fourth-order valence-electron chi connectivity index (χ4n) is 1.93. The van der Waals surface area contributed by atoms with Gasteiger partial charge in [0, 0.05) is 24.1 Å². The first-order valence-electron chi connectivity index (χ1n) is 6.05. The van der Waals surface area contributed by atoms with Crippen LogP contribution in [0.25, 0.3) is 0 Å². The molecule has 2 atom stereocenters. The summed E-state index contributed by atoms with van der Waals surface area (Å²) in [4.78, 5) is 4.52. The van der Waals surface area contributed by atoms with Crippen LogP contribution in [0, 0.1) is 0 Å². The molecule has 0 radical (unpaired) electrons. The Hall–Kier alpha value is -0.480. The van der Waals surface area contributed by atoms with E-state index in [4.69, 9.17) is 10.2 Å². The van der Waals surface area contributed by atoms with E-state index in [-0.39, 0.29) is 0 Å². The average Bonchev–Trinajstić information content (AvgIpc) is 2.78. The molecular weight excluding hydrogens is 220 g/mol. The van der Waals surface area contributed by atoms with Gasteiger partial charge in [0.2, 0.25) is 0 Å². The fourth-order valence-corrected chi connectivity index (χ4v) is 3.23. The molecule has 1 aliphatic heterocycles. The van der Waals surface area contributed by atoms with Gasteiger partial charge in [-0.1, -0.05) is 13.3 Å². The predicted octanol–water partition coefficient (Wildman–Crippen LogP) is 2.57. The maximum Gasteiger partial charge on any atom is 0.195 e. The number of thioether (sulfide) groups is 1. The molecule has 1 saturated heterocycles. The monoisotopic (exact) mass is 240 g/mol. The lowest BCUT2D eigenvalue weighted by molar-refractivity contribution is 0.481. The minimum absolute atomic E-state index is 0.302. The van der Waals surface area contributed by atoms with Crippen LogP contribution in [-0.4, -0.2) is 22.5 Å². The number of hydrogen-bond donors (Lipinski definition) is 1. The Morgan fingerprint density at radius 3 is 3.19 bits per heavy atom. The Morgan fingerprint density at radius 2 is 2.50 bits per heavy atom. The Kier molecular flexibility index (Phi) is 4.29. The van der Waals surface area contributed by atoms with Crippen molar-refractivity contribution >= 4 is 11.8 Å². The van der Waals surface area contributed by atoms with E-state index >= 15 is 0 Å². The lowest BCUT2D eigenvalue weighted by Crippen LogP contribution is -2.13. The largest absolute Gasteiger partial charge is 0.449 e. The first-order valence-corrected chi connectivity index (χ1v) is 7.10. The minimum Gasteiger partial charge on any atom is -0.449 e. The summed E-state index contributed by atoms with van der Waals surface area (Å²) >= 11 is 2.06. The summed E-state index contributed by atoms with van der Waals surface area (Å²) in [7, 11) is 0. The minimum atomic E-state index is 0.302. The van der Waals surface area contributed by atoms with E-state index in [9.17, 15) is 0 Å². The normalized spacial score (nSPS) is 23.2. The molecule has 2 rings (SSSR count). The highest BCUT2D eigenvalue weighted by Crippen LogP contribution is 2.28. The van der Waals surface area contributed by atoms with Gasteiger partial charge in [-0.15, -0.1) is 0 Å². The third kappa shape index (κ3) is 3.01. The zero-order chi connectivity index (χ0) is 11.4. The number of nitrogens with two attached hydrogens (primary N) is 1. The maximum absolute atomic E-state index is 5.61. The van der Waals surface area contributed by atoms with Crippen molar-refractivity contribution in [2.45, 2.75) is 43.8 Å². The lowest BCUT2D eigenvalue weighted by Gasteiger charge is -2.19. The van der Waals surface area contributed by atoms with Crippen molar-refractivity contribution in [3.8, 4) is 0 Å². The van der Waals surface area contributed by atoms with Gasteiger partial charge in [-0.05, 0) is 18.6 Å². The van der Waals surface area contributed by atoms with Crippen LogP contribution in [0.5, 0.6) is 0 Å². The first-order chi connectivity index (χ1) is 7.79. The molecule has 90 valence electrons. The van der Waals surface area contributed by atoms with E-state index in [0.29, 0.717) is 17.7 Å². The SMILES string of the molecule is CC(CN)c1coc(CC2CCCCS2)n1. The van der Waals surface area contributed by atoms with E-state index in [1.54, 1.807) is 6.26 Å². The molecule has 3 nitrogen and oxygen atoms in total. The molecule has 0 amide bonds. The van der Waals surface area contributed by atoms with Crippen molar-refractivity contribution in [2.24, 2.45) is 5.73 Å². The summed E-state index contributed by atoms with van der Waals surface area (Å²) in [5.74, 6) is 2.48. The predicted molar refractivity (Wildman–Crippen MR) is 67.8 cm³/mol. The Balaban J connectivity index is 1.91. The molecule has 1 aromatic heterocycles. The number of aromatic nitrogens is 1. The molecule has 0 aliphatic carbocycles. The van der Waals surface area contributed by atoms with E-state index in [1.807, 2.05) is 0 Å². The maximum atomic E-state index is 5.61. The molecule has 4 heteroatoms. The molecule has 2 heterocycles. The van der Waals surface area contributed by atoms with Gasteiger partial charge >= 0.3 is 0 Å². The van der Waals surface area contributed by atoms with Gasteiger partial charge in [0.15, 0.2) is 5.89 Å². The highest BCUT2D eigenvalue weighted by Gasteiger charge is 2.18. The number of oxazole rings is 1. The van der Waals surface area contributed by atoms with Gasteiger partial charge in [0.05, 0.1) is 5.69 Å². The zero-order valence-electron chi connectivity index (χ0n) is 9.82. The highest BCUT2D eigenvalue weighted by atomic mass is 32.2. The van der Waals surface area contributed by atoms with Crippen molar-refractivity contribution in [2.75, 3.05) is 12.3 Å². The Labute approximate surface area is 101 Å². The van der Waals surface area contributed by atoms with Crippen LogP contribution in [0.3, 0.4) is 0 Å². The summed E-state index contributed by atoms with van der Waals surface area (Å²) in [5.41, 5.74) is 6.61. The van der Waals surface area contributed by atoms with Gasteiger partial charge < -0.3 is 10.2 Å². The van der Waals surface area contributed by atoms with Crippen molar-refractivity contribution in [3.63, 3.8) is 0 Å². The van der Waals surface area contributed by atoms with Crippen molar-refractivity contribution in [3.05, 3.63) is 17.8 Å². The van der Waals surface area contributed by atoms with Crippen molar-refractivity contribution in [1.82, 2.24) is 4.98 Å². The molecule has 2 N–H and O–H groups in total. The first kappa shape index (κ1) is 12.0. The van der Waals surface area contributed by atoms with Crippen LogP contribution in [0.1, 0.15) is 43.7 Å². The lowest BCUT2D eigenvalue weighted by atomic mass is 10.1. The van der Waals surface area contributed by atoms with Gasteiger partial charge in [0.1, 0.15) is 6.26 Å². The topological polar surface area (TPSA) is 52.0 Å². The smallest absolute Gasteiger partial charge is 0.195 e. The van der Waals surface area contributed by atoms with E-state index in [2.05, 4.69) is 23.7 Å². The molecule has 0 aromatic carbocycles. The van der Waals surface area contributed by atoms with Gasteiger partial charge in [-0.2, -0.15) is 11.8 Å². The summed E-state index contributed by atoms with van der Waals surface area (Å²) in [6.45, 7) is 2.71. The number of hydrogen-bond acceptors (Lipinski definition) is 4. The van der Waals surface area contributed by atoms with E-state index < -0.39 is 0 Å². The van der Waals surface area contributed by atoms with Crippen LogP contribution in [0.15, 0.2) is 10.7 Å². The summed E-state index contributed by atoms with van der Waals surface area (Å²) in [6.07, 6.45) is 6.75. The van der Waals surface area contributed by atoms with Crippen LogP contribution >= 0.6 is 11.8 Å². The molecular formula is C12H20N2OS. The van der Waals surface area contributed by atoms with Crippen LogP contribution in [-0.2, 0) is 6.42 Å². The fraction of sp³-hybridized carbons (Fsp3) is 0.750. The zero-order valence-corrected chi connectivity index (χ0v) is 10.6. The van der Waals surface area contributed by atoms with Gasteiger partial charge in [-0.25, -0.2) is 4.98 Å². The Bertz CT molecular complexity index is 321. The second-order valence-corrected chi connectivity index (χ2v) is 5.90. The van der Waals surface area contributed by atoms with Crippen molar-refractivity contribution in [1.29, 1.82) is 0 Å². The van der Waals surface area contributed by atoms with E-state index in [0.717, 1.165) is 18.0 Å². The van der Waals surface area contributed by atoms with Crippen LogP contribution in [0.2, 0.25) is 0 Å². The second kappa shape index (κ2) is 5.73. The molecule has 16 heavy (non-hydrogen) atoms. The van der Waals surface area contributed by atoms with Gasteiger partial charge in [-0.3, -0.25) is 0 Å². The molecule has 0 bridgehead atoms. The summed E-state index contributed by atoms with van der Waals surface area (Å²) in [5, 5.41) is 0.702. The molecule has 1 aliphatic rings. The average molecular weight is 240 g/mol. The van der Waals surface area contributed by atoms with Crippen LogP contribution in [0.4, 0.5) is 0 Å². The van der Waals surface area contributed by atoms with E-state index in [1.165, 1.54) is 25.0 Å². The third-order valence-corrected chi connectivity index (χ3v) is 4.50. The highest BCUT2D eigenvalue weighted by molar-refractivity contribution is 7.99. The molecule has 0 saturated carbocycles. The molecule has 2 unspecified atom stereocenters. The Morgan fingerprint density at radius 1 is 1.62 bits per heavy atom. The summed E-state index contributed by atoms with van der Waals surface area (Å²) in [6, 6.07) is 0.